The molecule has 1 heterocycles. The first kappa shape index (κ1) is 18.3. The number of alkyl carbamates (subject to hydrolysis) is 1. The van der Waals surface area contributed by atoms with Gasteiger partial charge in [0.25, 0.3) is 0 Å². The predicted molar refractivity (Wildman–Crippen MR) is 90.4 cm³/mol. The van der Waals surface area contributed by atoms with E-state index in [1.165, 1.54) is 0 Å². The van der Waals surface area contributed by atoms with Gasteiger partial charge in [0.15, 0.2) is 0 Å². The Bertz CT molecular complexity index is 568. The lowest BCUT2D eigenvalue weighted by atomic mass is 9.97. The van der Waals surface area contributed by atoms with E-state index in [2.05, 4.69) is 12.2 Å². The van der Waals surface area contributed by atoms with Gasteiger partial charge in [-0.25, -0.2) is 9.59 Å². The second-order valence-electron chi connectivity index (χ2n) is 7.28. The first-order chi connectivity index (χ1) is 11.2. The minimum Gasteiger partial charge on any atom is -0.444 e. The molecule has 24 heavy (non-hydrogen) atoms. The molecule has 1 aliphatic heterocycles. The van der Waals surface area contributed by atoms with Crippen LogP contribution in [0.1, 0.15) is 44.5 Å². The van der Waals surface area contributed by atoms with E-state index in [9.17, 15) is 9.59 Å². The lowest BCUT2D eigenvalue weighted by Crippen LogP contribution is -2.51. The molecule has 0 bridgehead atoms. The molecule has 1 aliphatic rings. The van der Waals surface area contributed by atoms with Gasteiger partial charge in [-0.2, -0.15) is 0 Å². The van der Waals surface area contributed by atoms with E-state index in [0.717, 1.165) is 6.42 Å². The van der Waals surface area contributed by atoms with Crippen molar-refractivity contribution in [3.8, 4) is 0 Å². The molecule has 0 radical (unpaired) electrons. The average molecular weight is 334 g/mol. The van der Waals surface area contributed by atoms with Gasteiger partial charge in [-0.3, -0.25) is 0 Å². The van der Waals surface area contributed by atoms with Crippen molar-refractivity contribution in [1.29, 1.82) is 0 Å². The summed E-state index contributed by atoms with van der Waals surface area (Å²) < 4.78 is 5.29. The predicted octanol–water partition coefficient (Wildman–Crippen LogP) is 2.99. The highest BCUT2D eigenvalue weighted by Gasteiger charge is 2.29. The fourth-order valence-corrected chi connectivity index (χ4v) is 2.70. The van der Waals surface area contributed by atoms with Gasteiger partial charge >= 0.3 is 12.1 Å². The Labute approximate surface area is 143 Å². The van der Waals surface area contributed by atoms with Gasteiger partial charge in [0.2, 0.25) is 0 Å². The van der Waals surface area contributed by atoms with E-state index in [1.54, 1.807) is 29.3 Å². The summed E-state index contributed by atoms with van der Waals surface area (Å²) in [5.74, 6) is -0.0945. The summed E-state index contributed by atoms with van der Waals surface area (Å²) >= 11 is 0. The van der Waals surface area contributed by atoms with Gasteiger partial charge in [-0.1, -0.05) is 25.1 Å². The summed E-state index contributed by atoms with van der Waals surface area (Å²) in [5, 5.41) is 4.47. The smallest absolute Gasteiger partial charge is 0.407 e. The van der Waals surface area contributed by atoms with Gasteiger partial charge in [-0.05, 0) is 45.2 Å². The van der Waals surface area contributed by atoms with Crippen molar-refractivity contribution >= 4 is 12.1 Å². The normalized spacial score (nSPS) is 21.8. The number of hydrogen-bond donors (Lipinski definition) is 1. The van der Waals surface area contributed by atoms with Gasteiger partial charge in [0.05, 0.1) is 12.1 Å². The summed E-state index contributed by atoms with van der Waals surface area (Å²) in [6, 6.07) is 8.75. The number of carbonyl (C=O) groups excluding carboxylic acids is 2. The van der Waals surface area contributed by atoms with Gasteiger partial charge in [0, 0.05) is 12.6 Å². The Balaban J connectivity index is 1.90. The van der Waals surface area contributed by atoms with Crippen LogP contribution in [0.3, 0.4) is 0 Å². The van der Waals surface area contributed by atoms with E-state index < -0.39 is 11.7 Å². The number of rotatable bonds is 3. The minimum atomic E-state index is -0.538. The standard InChI is InChI=1S/C18H26N2O4/c1-13-10-15(19-17(22)23-18(2,3)4)12-20(11-13)24-16(21)14-8-6-5-7-9-14/h5-9,13,15H,10-12H2,1-4H3,(H,19,22)/t13-,15+/m1/s1. The van der Waals surface area contributed by atoms with Gasteiger partial charge < -0.3 is 14.9 Å². The maximum Gasteiger partial charge on any atom is 0.407 e. The third kappa shape index (κ3) is 5.85. The quantitative estimate of drug-likeness (QED) is 0.920. The summed E-state index contributed by atoms with van der Waals surface area (Å²) in [7, 11) is 0. The van der Waals surface area contributed by atoms with E-state index in [4.69, 9.17) is 9.57 Å². The summed E-state index contributed by atoms with van der Waals surface area (Å²) in [5.41, 5.74) is -0.0310. The van der Waals surface area contributed by atoms with Crippen LogP contribution in [0, 0.1) is 5.92 Å². The SMILES string of the molecule is C[C@@H]1C[C@H](NC(=O)OC(C)(C)C)CN(OC(=O)c2ccccc2)C1. The molecule has 0 saturated carbocycles. The fourth-order valence-electron chi connectivity index (χ4n) is 2.70. The molecule has 1 aromatic carbocycles. The van der Waals surface area contributed by atoms with E-state index in [-0.39, 0.29) is 12.0 Å². The number of nitrogens with one attached hydrogen (secondary N) is 1. The number of hydroxylamine groups is 2. The van der Waals surface area contributed by atoms with Crippen molar-refractivity contribution in [2.45, 2.75) is 45.8 Å². The molecule has 1 fully saturated rings. The molecule has 132 valence electrons. The van der Waals surface area contributed by atoms with E-state index in [0.29, 0.717) is 24.6 Å². The van der Waals surface area contributed by atoms with Crippen LogP contribution in [0.2, 0.25) is 0 Å². The molecule has 6 nitrogen and oxygen atoms in total. The van der Waals surface area contributed by atoms with Crippen LogP contribution in [-0.2, 0) is 9.57 Å². The molecular weight excluding hydrogens is 308 g/mol. The number of nitrogens with zero attached hydrogens (tertiary/aromatic N) is 1. The van der Waals surface area contributed by atoms with Crippen LogP contribution in [-0.4, -0.2) is 41.9 Å². The van der Waals surface area contributed by atoms with Crippen LogP contribution in [0.15, 0.2) is 30.3 Å². The highest BCUT2D eigenvalue weighted by atomic mass is 16.7. The molecule has 1 amide bonds. The maximum atomic E-state index is 12.2. The number of hydrogen-bond acceptors (Lipinski definition) is 5. The lowest BCUT2D eigenvalue weighted by Gasteiger charge is -2.35. The van der Waals surface area contributed by atoms with Crippen LogP contribution in [0.5, 0.6) is 0 Å². The molecule has 1 saturated heterocycles. The van der Waals surface area contributed by atoms with Crippen molar-refractivity contribution in [2.24, 2.45) is 5.92 Å². The number of benzene rings is 1. The number of carbonyl (C=O) groups is 2. The Kier molecular flexibility index (Phi) is 5.83. The third-order valence-electron chi connectivity index (χ3n) is 3.57. The summed E-state index contributed by atoms with van der Waals surface area (Å²) in [4.78, 5) is 29.5. The van der Waals surface area contributed by atoms with Crippen LogP contribution in [0.25, 0.3) is 0 Å². The Morgan fingerprint density at radius 3 is 2.46 bits per heavy atom. The zero-order chi connectivity index (χ0) is 17.7. The first-order valence-electron chi connectivity index (χ1n) is 8.25. The number of piperidine rings is 1. The molecule has 0 unspecified atom stereocenters. The first-order valence-corrected chi connectivity index (χ1v) is 8.25. The largest absolute Gasteiger partial charge is 0.444 e. The fraction of sp³-hybridized carbons (Fsp3) is 0.556. The summed E-state index contributed by atoms with van der Waals surface area (Å²) in [6.45, 7) is 8.62. The van der Waals surface area contributed by atoms with Crippen molar-refractivity contribution in [2.75, 3.05) is 13.1 Å². The molecule has 2 rings (SSSR count). The molecule has 0 aromatic heterocycles. The highest BCUT2D eigenvalue weighted by Crippen LogP contribution is 2.18. The van der Waals surface area contributed by atoms with Crippen LogP contribution in [0.4, 0.5) is 4.79 Å². The molecule has 0 aliphatic carbocycles. The maximum absolute atomic E-state index is 12.2. The lowest BCUT2D eigenvalue weighted by molar-refractivity contribution is -0.134. The molecule has 6 heteroatoms. The van der Waals surface area contributed by atoms with Crippen molar-refractivity contribution in [3.63, 3.8) is 0 Å². The number of ether oxygens (including phenoxy) is 1. The van der Waals surface area contributed by atoms with E-state index >= 15 is 0 Å². The van der Waals surface area contributed by atoms with Crippen molar-refractivity contribution in [1.82, 2.24) is 10.4 Å². The highest BCUT2D eigenvalue weighted by molar-refractivity contribution is 5.89. The third-order valence-corrected chi connectivity index (χ3v) is 3.57. The minimum absolute atomic E-state index is 0.118. The average Bonchev–Trinajstić information content (AvgIpc) is 2.45. The topological polar surface area (TPSA) is 67.9 Å². The van der Waals surface area contributed by atoms with Crippen molar-refractivity contribution < 1.29 is 19.2 Å². The van der Waals surface area contributed by atoms with Crippen molar-refractivity contribution in [3.05, 3.63) is 35.9 Å². The Morgan fingerprint density at radius 1 is 1.17 bits per heavy atom. The zero-order valence-electron chi connectivity index (χ0n) is 14.7. The molecule has 0 spiro atoms. The Morgan fingerprint density at radius 2 is 1.83 bits per heavy atom. The zero-order valence-corrected chi connectivity index (χ0v) is 14.7. The van der Waals surface area contributed by atoms with Crippen LogP contribution < -0.4 is 5.32 Å². The number of amides is 1. The monoisotopic (exact) mass is 334 g/mol. The Hall–Kier alpha value is -2.08. The molecular formula is C18H26N2O4. The second kappa shape index (κ2) is 7.66. The second-order valence-corrected chi connectivity index (χ2v) is 7.28. The van der Waals surface area contributed by atoms with Gasteiger partial charge in [-0.15, -0.1) is 5.06 Å². The molecule has 1 N–H and O–H groups in total. The molecule has 1 aromatic rings. The van der Waals surface area contributed by atoms with Crippen LogP contribution >= 0.6 is 0 Å². The molecule has 2 atom stereocenters. The van der Waals surface area contributed by atoms with E-state index in [1.807, 2.05) is 26.8 Å². The van der Waals surface area contributed by atoms with Gasteiger partial charge in [0.1, 0.15) is 5.60 Å². The summed E-state index contributed by atoms with van der Waals surface area (Å²) in [6.07, 6.45) is 0.370.